The van der Waals surface area contributed by atoms with Crippen LogP contribution in [0.15, 0.2) is 52.0 Å². The Morgan fingerprint density at radius 3 is 2.76 bits per heavy atom. The Kier molecular flexibility index (Phi) is 5.51. The van der Waals surface area contributed by atoms with Crippen molar-refractivity contribution in [3.8, 4) is 17.1 Å². The van der Waals surface area contributed by atoms with Gasteiger partial charge in [-0.05, 0) is 32.0 Å². The number of pyridine rings is 1. The van der Waals surface area contributed by atoms with Crippen LogP contribution in [0.3, 0.4) is 0 Å². The fourth-order valence-corrected chi connectivity index (χ4v) is 3.71. The number of aromatic nitrogens is 6. The van der Waals surface area contributed by atoms with Crippen molar-refractivity contribution in [3.05, 3.63) is 75.3 Å². The van der Waals surface area contributed by atoms with Crippen molar-refractivity contribution < 1.29 is 9.26 Å². The molecular weight excluding hydrogens is 446 g/mol. The molecule has 1 fully saturated rings. The fraction of sp³-hybridized carbons (Fsp3) is 0.273. The van der Waals surface area contributed by atoms with Crippen molar-refractivity contribution in [2.45, 2.75) is 26.5 Å². The average Bonchev–Trinajstić information content (AvgIpc) is 3.13. The maximum atomic E-state index is 12.8. The second-order valence-corrected chi connectivity index (χ2v) is 8.18. The van der Waals surface area contributed by atoms with Gasteiger partial charge in [0.15, 0.2) is 0 Å². The van der Waals surface area contributed by atoms with E-state index in [1.807, 2.05) is 24.0 Å². The molecule has 1 saturated heterocycles. The van der Waals surface area contributed by atoms with Gasteiger partial charge in [-0.2, -0.15) is 10.2 Å². The maximum Gasteiger partial charge on any atom is 0.269 e. The van der Waals surface area contributed by atoms with E-state index in [1.54, 1.807) is 37.5 Å². The van der Waals surface area contributed by atoms with Gasteiger partial charge in [-0.15, -0.1) is 5.10 Å². The summed E-state index contributed by atoms with van der Waals surface area (Å²) in [5, 5.41) is 17.1. The first-order chi connectivity index (χ1) is 16.0. The van der Waals surface area contributed by atoms with Crippen LogP contribution in [-0.4, -0.2) is 49.3 Å². The van der Waals surface area contributed by atoms with Crippen LogP contribution in [0.2, 0.25) is 5.15 Å². The molecule has 10 nitrogen and oxygen atoms in total. The Morgan fingerprint density at radius 2 is 2.03 bits per heavy atom. The van der Waals surface area contributed by atoms with Crippen molar-refractivity contribution >= 4 is 17.3 Å². The summed E-state index contributed by atoms with van der Waals surface area (Å²) in [6, 6.07) is 8.69. The van der Waals surface area contributed by atoms with Gasteiger partial charge in [0.2, 0.25) is 0 Å². The summed E-state index contributed by atoms with van der Waals surface area (Å²) in [5.74, 6) is 1.27. The summed E-state index contributed by atoms with van der Waals surface area (Å²) in [6.45, 7) is 5.16. The van der Waals surface area contributed by atoms with E-state index in [0.717, 1.165) is 16.9 Å². The summed E-state index contributed by atoms with van der Waals surface area (Å²) in [6.07, 6.45) is 3.28. The Labute approximate surface area is 193 Å². The molecule has 11 heteroatoms. The van der Waals surface area contributed by atoms with Crippen molar-refractivity contribution in [1.82, 2.24) is 30.1 Å². The highest BCUT2D eigenvalue weighted by Crippen LogP contribution is 2.25. The molecule has 0 radical (unpaired) electrons. The van der Waals surface area contributed by atoms with E-state index in [0.29, 0.717) is 41.1 Å². The van der Waals surface area contributed by atoms with Gasteiger partial charge in [-0.3, -0.25) is 4.79 Å². The van der Waals surface area contributed by atoms with Gasteiger partial charge in [-0.1, -0.05) is 16.8 Å². The standard InChI is InChI=1S/C22H20ClN7O3/c1-13-3-4-19(27-26-13)22-18(14(2)33-28-22)12-30-21(31)7-15(9-25-30)29-10-17(11-29)32-16-5-6-24-20(23)8-16/h3-9,17H,10-12H2,1-2H3. The maximum absolute atomic E-state index is 12.8. The van der Waals surface area contributed by atoms with E-state index >= 15 is 0 Å². The molecule has 0 aliphatic carbocycles. The summed E-state index contributed by atoms with van der Waals surface area (Å²) in [5.41, 5.74) is 3.20. The molecule has 0 bridgehead atoms. The monoisotopic (exact) mass is 465 g/mol. The molecule has 0 saturated carbocycles. The predicted molar refractivity (Wildman–Crippen MR) is 120 cm³/mol. The summed E-state index contributed by atoms with van der Waals surface area (Å²) < 4.78 is 12.6. The molecule has 168 valence electrons. The van der Waals surface area contributed by atoms with Gasteiger partial charge in [0.1, 0.15) is 34.2 Å². The number of nitrogens with zero attached hydrogens (tertiary/aromatic N) is 7. The van der Waals surface area contributed by atoms with E-state index in [9.17, 15) is 4.79 Å². The zero-order valence-corrected chi connectivity index (χ0v) is 18.7. The van der Waals surface area contributed by atoms with Crippen LogP contribution in [-0.2, 0) is 6.54 Å². The van der Waals surface area contributed by atoms with Crippen LogP contribution in [0.4, 0.5) is 5.69 Å². The Balaban J connectivity index is 1.28. The van der Waals surface area contributed by atoms with Gasteiger partial charge < -0.3 is 14.2 Å². The predicted octanol–water partition coefficient (Wildman–Crippen LogP) is 2.67. The van der Waals surface area contributed by atoms with Crippen LogP contribution < -0.4 is 15.2 Å². The minimum absolute atomic E-state index is 0.00345. The minimum Gasteiger partial charge on any atom is -0.487 e. The van der Waals surface area contributed by atoms with Gasteiger partial charge in [-0.25, -0.2) is 9.67 Å². The number of hydrogen-bond donors (Lipinski definition) is 0. The number of halogens is 1. The van der Waals surface area contributed by atoms with Crippen molar-refractivity contribution in [1.29, 1.82) is 0 Å². The molecule has 5 heterocycles. The number of rotatable bonds is 6. The molecule has 4 aromatic rings. The lowest BCUT2D eigenvalue weighted by atomic mass is 10.1. The Morgan fingerprint density at radius 1 is 1.18 bits per heavy atom. The fourth-order valence-electron chi connectivity index (χ4n) is 3.54. The van der Waals surface area contributed by atoms with Crippen LogP contribution in [0.1, 0.15) is 17.0 Å². The van der Waals surface area contributed by atoms with Crippen LogP contribution in [0, 0.1) is 13.8 Å². The second-order valence-electron chi connectivity index (χ2n) is 7.79. The van der Waals surface area contributed by atoms with Crippen molar-refractivity contribution in [3.63, 3.8) is 0 Å². The number of hydrogen-bond acceptors (Lipinski definition) is 9. The molecule has 5 rings (SSSR count). The largest absolute Gasteiger partial charge is 0.487 e. The molecule has 0 atom stereocenters. The van der Waals surface area contributed by atoms with E-state index in [2.05, 4.69) is 25.4 Å². The third kappa shape index (κ3) is 4.42. The van der Waals surface area contributed by atoms with Crippen LogP contribution >= 0.6 is 11.6 Å². The lowest BCUT2D eigenvalue weighted by Crippen LogP contribution is -2.54. The van der Waals surface area contributed by atoms with Gasteiger partial charge >= 0.3 is 0 Å². The first kappa shape index (κ1) is 21.1. The molecule has 0 amide bonds. The lowest BCUT2D eigenvalue weighted by Gasteiger charge is -2.40. The third-order valence-electron chi connectivity index (χ3n) is 5.40. The number of anilines is 1. The molecule has 1 aliphatic heterocycles. The molecule has 0 N–H and O–H groups in total. The highest BCUT2D eigenvalue weighted by Gasteiger charge is 2.29. The second kappa shape index (κ2) is 8.62. The zero-order chi connectivity index (χ0) is 22.9. The van der Waals surface area contributed by atoms with Gasteiger partial charge in [0.25, 0.3) is 5.56 Å². The number of ether oxygens (including phenoxy) is 1. The average molecular weight is 466 g/mol. The Hall–Kier alpha value is -3.79. The highest BCUT2D eigenvalue weighted by molar-refractivity contribution is 6.29. The number of aryl methyl sites for hydroxylation is 2. The molecule has 1 aliphatic rings. The summed E-state index contributed by atoms with van der Waals surface area (Å²) in [7, 11) is 0. The first-order valence-electron chi connectivity index (χ1n) is 10.3. The molecule has 4 aromatic heterocycles. The molecule has 0 spiro atoms. The van der Waals surface area contributed by atoms with Crippen molar-refractivity contribution in [2.75, 3.05) is 18.0 Å². The Bertz CT molecular complexity index is 1350. The smallest absolute Gasteiger partial charge is 0.269 e. The third-order valence-corrected chi connectivity index (χ3v) is 5.61. The zero-order valence-electron chi connectivity index (χ0n) is 18.0. The van der Waals surface area contributed by atoms with Gasteiger partial charge in [0.05, 0.1) is 37.2 Å². The van der Waals surface area contributed by atoms with Crippen LogP contribution in [0.5, 0.6) is 5.75 Å². The quantitative estimate of drug-likeness (QED) is 0.396. The molecule has 0 aromatic carbocycles. The van der Waals surface area contributed by atoms with Crippen molar-refractivity contribution in [2.24, 2.45) is 0 Å². The topological polar surface area (TPSA) is 112 Å². The minimum atomic E-state index is -0.223. The normalized spacial score (nSPS) is 13.7. The van der Waals surface area contributed by atoms with E-state index in [1.165, 1.54) is 4.68 Å². The molecular formula is C22H20ClN7O3. The summed E-state index contributed by atoms with van der Waals surface area (Å²) in [4.78, 5) is 18.7. The van der Waals surface area contributed by atoms with E-state index in [-0.39, 0.29) is 18.2 Å². The SMILES string of the molecule is Cc1ccc(-c2noc(C)c2Cn2ncc(N3CC(Oc4ccnc(Cl)c4)C3)cc2=O)nn1. The molecule has 33 heavy (non-hydrogen) atoms. The van der Waals surface area contributed by atoms with E-state index < -0.39 is 0 Å². The highest BCUT2D eigenvalue weighted by atomic mass is 35.5. The lowest BCUT2D eigenvalue weighted by molar-refractivity contribution is 0.167. The van der Waals surface area contributed by atoms with Crippen LogP contribution in [0.25, 0.3) is 11.4 Å². The van der Waals surface area contributed by atoms with Gasteiger partial charge in [0, 0.05) is 23.9 Å². The molecule has 0 unspecified atom stereocenters. The van der Waals surface area contributed by atoms with E-state index in [4.69, 9.17) is 20.9 Å². The first-order valence-corrected chi connectivity index (χ1v) is 10.7. The summed E-state index contributed by atoms with van der Waals surface area (Å²) >= 11 is 5.89.